The van der Waals surface area contributed by atoms with Crippen molar-refractivity contribution in [2.24, 2.45) is 0 Å². The second kappa shape index (κ2) is 7.08. The zero-order valence-electron chi connectivity index (χ0n) is 14.6. The molecule has 7 heteroatoms. The molecule has 1 unspecified atom stereocenters. The van der Waals surface area contributed by atoms with E-state index in [0.29, 0.717) is 29.4 Å². The van der Waals surface area contributed by atoms with Crippen LogP contribution in [0.15, 0.2) is 59.5 Å². The van der Waals surface area contributed by atoms with Gasteiger partial charge < -0.3 is 14.4 Å². The molecule has 2 aromatic carbocycles. The molecule has 4 rings (SSSR count). The topological polar surface area (TPSA) is 72.9 Å². The lowest BCUT2D eigenvalue weighted by molar-refractivity contribution is -0.124. The smallest absolute Gasteiger partial charge is 0.246 e. The van der Waals surface area contributed by atoms with Crippen molar-refractivity contribution in [1.82, 2.24) is 4.90 Å². The van der Waals surface area contributed by atoms with Gasteiger partial charge in [-0.05, 0) is 42.3 Å². The summed E-state index contributed by atoms with van der Waals surface area (Å²) in [6, 6.07) is 13.8. The monoisotopic (exact) mass is 385 g/mol. The van der Waals surface area contributed by atoms with Crippen LogP contribution in [0, 0.1) is 0 Å². The third kappa shape index (κ3) is 3.55. The zero-order valence-corrected chi connectivity index (χ0v) is 15.4. The highest BCUT2D eigenvalue weighted by atomic mass is 32.2. The maximum atomic E-state index is 12.7. The van der Waals surface area contributed by atoms with E-state index in [2.05, 4.69) is 0 Å². The highest BCUT2D eigenvalue weighted by Gasteiger charge is 2.35. The standard InChI is InChI=1S/C20H19NO5S/c22-20(9-7-15-6-8-18-19(12-15)26-14-25-18)21-11-10-17(13-21)27(23,24)16-4-2-1-3-5-16/h1-9,12,17H,10-11,13-14H2. The average Bonchev–Trinajstić information content (AvgIpc) is 3.36. The summed E-state index contributed by atoms with van der Waals surface area (Å²) in [6.45, 7) is 0.842. The van der Waals surface area contributed by atoms with Crippen LogP contribution < -0.4 is 9.47 Å². The van der Waals surface area contributed by atoms with Crippen molar-refractivity contribution in [2.75, 3.05) is 19.9 Å². The lowest BCUT2D eigenvalue weighted by atomic mass is 10.2. The van der Waals surface area contributed by atoms with Crippen LogP contribution >= 0.6 is 0 Å². The number of nitrogens with zero attached hydrogens (tertiary/aromatic N) is 1. The van der Waals surface area contributed by atoms with Crippen molar-refractivity contribution < 1.29 is 22.7 Å². The Labute approximate surface area is 157 Å². The Morgan fingerprint density at radius 2 is 1.85 bits per heavy atom. The van der Waals surface area contributed by atoms with Gasteiger partial charge in [-0.3, -0.25) is 4.79 Å². The molecular formula is C20H19NO5S. The van der Waals surface area contributed by atoms with E-state index in [0.717, 1.165) is 5.56 Å². The Balaban J connectivity index is 1.42. The van der Waals surface area contributed by atoms with E-state index in [1.165, 1.54) is 6.08 Å². The molecule has 1 atom stereocenters. The molecule has 2 aliphatic rings. The first-order valence-corrected chi connectivity index (χ1v) is 10.2. The maximum Gasteiger partial charge on any atom is 0.246 e. The molecule has 0 saturated carbocycles. The van der Waals surface area contributed by atoms with Crippen LogP contribution in [0.25, 0.3) is 6.08 Å². The Kier molecular flexibility index (Phi) is 4.61. The summed E-state index contributed by atoms with van der Waals surface area (Å²) in [6.07, 6.45) is 3.61. The zero-order chi connectivity index (χ0) is 18.9. The Bertz CT molecular complexity index is 985. The minimum atomic E-state index is -3.43. The van der Waals surface area contributed by atoms with Crippen LogP contribution in [0.5, 0.6) is 11.5 Å². The van der Waals surface area contributed by atoms with Crippen molar-refractivity contribution in [3.05, 3.63) is 60.2 Å². The summed E-state index contributed by atoms with van der Waals surface area (Å²) in [5.74, 6) is 1.14. The van der Waals surface area contributed by atoms with Gasteiger partial charge in [0.15, 0.2) is 21.3 Å². The molecule has 0 bridgehead atoms. The largest absolute Gasteiger partial charge is 0.454 e. The van der Waals surface area contributed by atoms with E-state index in [9.17, 15) is 13.2 Å². The second-order valence-corrected chi connectivity index (χ2v) is 8.73. The average molecular weight is 385 g/mol. The van der Waals surface area contributed by atoms with Crippen molar-refractivity contribution in [3.63, 3.8) is 0 Å². The van der Waals surface area contributed by atoms with Crippen molar-refractivity contribution in [2.45, 2.75) is 16.6 Å². The van der Waals surface area contributed by atoms with Crippen molar-refractivity contribution in [1.29, 1.82) is 0 Å². The summed E-state index contributed by atoms with van der Waals surface area (Å²) < 4.78 is 36.0. The van der Waals surface area contributed by atoms with Gasteiger partial charge in [-0.2, -0.15) is 0 Å². The highest BCUT2D eigenvalue weighted by Crippen LogP contribution is 2.32. The molecular weight excluding hydrogens is 366 g/mol. The molecule has 0 aromatic heterocycles. The molecule has 2 aliphatic heterocycles. The van der Waals surface area contributed by atoms with Gasteiger partial charge in [-0.1, -0.05) is 24.3 Å². The number of ether oxygens (including phenoxy) is 2. The molecule has 27 heavy (non-hydrogen) atoms. The Morgan fingerprint density at radius 3 is 2.67 bits per heavy atom. The van der Waals surface area contributed by atoms with Gasteiger partial charge in [0, 0.05) is 19.2 Å². The molecule has 6 nitrogen and oxygen atoms in total. The molecule has 0 N–H and O–H groups in total. The van der Waals surface area contributed by atoms with Gasteiger partial charge in [-0.25, -0.2) is 8.42 Å². The Hall–Kier alpha value is -2.80. The highest BCUT2D eigenvalue weighted by molar-refractivity contribution is 7.92. The molecule has 140 valence electrons. The van der Waals surface area contributed by atoms with Crippen molar-refractivity contribution >= 4 is 21.8 Å². The molecule has 1 saturated heterocycles. The first-order valence-electron chi connectivity index (χ1n) is 8.69. The fourth-order valence-corrected chi connectivity index (χ4v) is 4.99. The van der Waals surface area contributed by atoms with E-state index in [1.807, 2.05) is 6.07 Å². The predicted molar refractivity (Wildman–Crippen MR) is 100 cm³/mol. The van der Waals surface area contributed by atoms with Gasteiger partial charge in [0.25, 0.3) is 0 Å². The third-order valence-corrected chi connectivity index (χ3v) is 6.97. The molecule has 0 radical (unpaired) electrons. The van der Waals surface area contributed by atoms with Crippen molar-refractivity contribution in [3.8, 4) is 11.5 Å². The second-order valence-electron chi connectivity index (χ2n) is 6.50. The predicted octanol–water partition coefficient (Wildman–Crippen LogP) is 2.50. The summed E-state index contributed by atoms with van der Waals surface area (Å²) in [5.41, 5.74) is 0.820. The number of benzene rings is 2. The van der Waals surface area contributed by atoms with Crippen LogP contribution in [0.1, 0.15) is 12.0 Å². The molecule has 1 fully saturated rings. The number of amides is 1. The molecule has 0 aliphatic carbocycles. The summed E-state index contributed by atoms with van der Waals surface area (Å²) >= 11 is 0. The van der Waals surface area contributed by atoms with Crippen LogP contribution in [0.2, 0.25) is 0 Å². The van der Waals surface area contributed by atoms with Gasteiger partial charge in [0.05, 0.1) is 10.1 Å². The van der Waals surface area contributed by atoms with Gasteiger partial charge in [0.2, 0.25) is 12.7 Å². The van der Waals surface area contributed by atoms with E-state index < -0.39 is 15.1 Å². The maximum absolute atomic E-state index is 12.7. The third-order valence-electron chi connectivity index (χ3n) is 4.78. The number of hydrogen-bond acceptors (Lipinski definition) is 5. The SMILES string of the molecule is O=C(C=Cc1ccc2c(c1)OCO2)N1CCC(S(=O)(=O)c2ccccc2)C1. The van der Waals surface area contributed by atoms with Gasteiger partial charge in [0.1, 0.15) is 0 Å². The minimum absolute atomic E-state index is 0.196. The number of hydrogen-bond donors (Lipinski definition) is 0. The molecule has 1 amide bonds. The number of carbonyl (C=O) groups is 1. The summed E-state index contributed by atoms with van der Waals surface area (Å²) in [7, 11) is -3.43. The summed E-state index contributed by atoms with van der Waals surface area (Å²) in [5, 5.41) is -0.567. The lowest BCUT2D eigenvalue weighted by Gasteiger charge is -2.15. The van der Waals surface area contributed by atoms with Crippen LogP contribution in [-0.4, -0.2) is 44.4 Å². The van der Waals surface area contributed by atoms with E-state index >= 15 is 0 Å². The van der Waals surface area contributed by atoms with E-state index in [4.69, 9.17) is 9.47 Å². The Morgan fingerprint density at radius 1 is 1.07 bits per heavy atom. The number of fused-ring (bicyclic) bond motifs is 1. The number of rotatable bonds is 4. The van der Waals surface area contributed by atoms with Crippen LogP contribution in [-0.2, 0) is 14.6 Å². The van der Waals surface area contributed by atoms with Gasteiger partial charge >= 0.3 is 0 Å². The van der Waals surface area contributed by atoms with E-state index in [1.54, 1.807) is 53.4 Å². The quantitative estimate of drug-likeness (QED) is 0.756. The normalized spacial score (nSPS) is 19.0. The minimum Gasteiger partial charge on any atom is -0.454 e. The first kappa shape index (κ1) is 17.6. The number of sulfone groups is 1. The lowest BCUT2D eigenvalue weighted by Crippen LogP contribution is -2.30. The van der Waals surface area contributed by atoms with Crippen LogP contribution in [0.3, 0.4) is 0 Å². The van der Waals surface area contributed by atoms with Gasteiger partial charge in [-0.15, -0.1) is 0 Å². The van der Waals surface area contributed by atoms with Crippen LogP contribution in [0.4, 0.5) is 0 Å². The molecule has 2 aromatic rings. The molecule has 2 heterocycles. The summed E-state index contributed by atoms with van der Waals surface area (Å²) in [4.78, 5) is 14.3. The number of likely N-dealkylation sites (tertiary alicyclic amines) is 1. The fraction of sp³-hybridized carbons (Fsp3) is 0.250. The first-order chi connectivity index (χ1) is 13.0. The van der Waals surface area contributed by atoms with E-state index in [-0.39, 0.29) is 19.2 Å². The number of carbonyl (C=O) groups excluding carboxylic acids is 1. The fourth-order valence-electron chi connectivity index (χ4n) is 3.27. The molecule has 0 spiro atoms.